The van der Waals surface area contributed by atoms with E-state index in [2.05, 4.69) is 35.0 Å². The summed E-state index contributed by atoms with van der Waals surface area (Å²) in [6.07, 6.45) is 5.07. The van der Waals surface area contributed by atoms with E-state index in [9.17, 15) is 0 Å². The van der Waals surface area contributed by atoms with Gasteiger partial charge >= 0.3 is 0 Å². The topological polar surface area (TPSA) is 39.1 Å². The number of hydrogen-bond acceptors (Lipinski definition) is 3. The number of aryl methyl sites for hydroxylation is 2. The van der Waals surface area contributed by atoms with E-state index >= 15 is 0 Å². The Kier molecular flexibility index (Phi) is 4.78. The maximum Gasteiger partial charge on any atom is 0.0776 e. The quantitative estimate of drug-likeness (QED) is 0.837. The number of likely N-dealkylation sites (N-methyl/N-ethyl adjacent to an activating group) is 1. The molecule has 2 atom stereocenters. The van der Waals surface area contributed by atoms with E-state index < -0.39 is 0 Å². The van der Waals surface area contributed by atoms with Crippen LogP contribution in [0, 0.1) is 0 Å². The maximum atomic E-state index is 6.02. The van der Waals surface area contributed by atoms with Crippen molar-refractivity contribution in [3.05, 3.63) is 17.5 Å². The minimum atomic E-state index is 0.332. The molecule has 2 rings (SSSR count). The molecular weight excluding hydrogens is 226 g/mol. The molecule has 1 aliphatic rings. The van der Waals surface area contributed by atoms with Gasteiger partial charge in [-0.15, -0.1) is 0 Å². The summed E-state index contributed by atoms with van der Waals surface area (Å²) in [5.41, 5.74) is 2.52. The predicted molar refractivity (Wildman–Crippen MR) is 72.8 cm³/mol. The van der Waals surface area contributed by atoms with Crippen molar-refractivity contribution in [2.24, 2.45) is 0 Å². The summed E-state index contributed by atoms with van der Waals surface area (Å²) in [4.78, 5) is 0. The van der Waals surface area contributed by atoms with Crippen molar-refractivity contribution in [1.29, 1.82) is 0 Å². The van der Waals surface area contributed by atoms with Crippen LogP contribution in [0.1, 0.15) is 38.1 Å². The lowest BCUT2D eigenvalue weighted by Gasteiger charge is -2.14. The van der Waals surface area contributed by atoms with Gasteiger partial charge in [0, 0.05) is 12.2 Å². The van der Waals surface area contributed by atoms with E-state index in [0.717, 1.165) is 38.8 Å². The Hall–Kier alpha value is -0.870. The average molecular weight is 251 g/mol. The van der Waals surface area contributed by atoms with Gasteiger partial charge in [0.25, 0.3) is 0 Å². The Bertz CT molecular complexity index is 375. The van der Waals surface area contributed by atoms with E-state index in [1.54, 1.807) is 0 Å². The summed E-state index contributed by atoms with van der Waals surface area (Å²) >= 11 is 0. The van der Waals surface area contributed by atoms with Gasteiger partial charge in [0.2, 0.25) is 0 Å². The molecule has 1 saturated heterocycles. The molecule has 1 aromatic rings. The van der Waals surface area contributed by atoms with Crippen molar-refractivity contribution in [1.82, 2.24) is 15.1 Å². The Morgan fingerprint density at radius 1 is 1.33 bits per heavy atom. The molecule has 1 aromatic heterocycles. The molecule has 0 saturated carbocycles. The number of nitrogens with one attached hydrogen (secondary N) is 1. The van der Waals surface area contributed by atoms with Crippen molar-refractivity contribution in [3.8, 4) is 0 Å². The third kappa shape index (κ3) is 3.12. The van der Waals surface area contributed by atoms with Crippen molar-refractivity contribution in [2.75, 3.05) is 13.6 Å². The van der Waals surface area contributed by atoms with Gasteiger partial charge in [-0.05, 0) is 38.8 Å². The summed E-state index contributed by atoms with van der Waals surface area (Å²) in [7, 11) is 1.98. The lowest BCUT2D eigenvalue weighted by molar-refractivity contribution is 0.0346. The van der Waals surface area contributed by atoms with Gasteiger partial charge in [-0.3, -0.25) is 4.68 Å². The first-order valence-electron chi connectivity index (χ1n) is 7.12. The van der Waals surface area contributed by atoms with Gasteiger partial charge in [-0.1, -0.05) is 13.8 Å². The second-order valence-electron chi connectivity index (χ2n) is 5.03. The highest BCUT2D eigenvalue weighted by Crippen LogP contribution is 2.21. The third-order valence-electron chi connectivity index (χ3n) is 3.64. The number of ether oxygens (including phenoxy) is 1. The number of aromatic nitrogens is 2. The van der Waals surface area contributed by atoms with Crippen molar-refractivity contribution in [3.63, 3.8) is 0 Å². The fourth-order valence-electron chi connectivity index (χ4n) is 2.62. The van der Waals surface area contributed by atoms with Crippen LogP contribution in [0.15, 0.2) is 6.07 Å². The maximum absolute atomic E-state index is 6.02. The fraction of sp³-hybridized carbons (Fsp3) is 0.786. The molecule has 0 aromatic carbocycles. The van der Waals surface area contributed by atoms with E-state index in [4.69, 9.17) is 4.74 Å². The van der Waals surface area contributed by atoms with Gasteiger partial charge in [0.15, 0.2) is 0 Å². The molecule has 1 aliphatic heterocycles. The van der Waals surface area contributed by atoms with Gasteiger partial charge in [0.05, 0.1) is 24.4 Å². The molecule has 0 bridgehead atoms. The Morgan fingerprint density at radius 2 is 2.11 bits per heavy atom. The fourth-order valence-corrected chi connectivity index (χ4v) is 2.62. The molecule has 18 heavy (non-hydrogen) atoms. The summed E-state index contributed by atoms with van der Waals surface area (Å²) in [5, 5.41) is 7.84. The van der Waals surface area contributed by atoms with Crippen molar-refractivity contribution in [2.45, 2.75) is 58.3 Å². The normalized spacial score (nSPS) is 23.7. The number of hydrogen-bond donors (Lipinski definition) is 1. The Morgan fingerprint density at radius 3 is 2.78 bits per heavy atom. The molecule has 0 spiro atoms. The highest BCUT2D eigenvalue weighted by molar-refractivity contribution is 5.10. The van der Waals surface area contributed by atoms with Crippen molar-refractivity contribution < 1.29 is 4.74 Å². The van der Waals surface area contributed by atoms with Crippen LogP contribution in [0.4, 0.5) is 0 Å². The van der Waals surface area contributed by atoms with Crippen LogP contribution < -0.4 is 5.32 Å². The lowest BCUT2D eigenvalue weighted by Crippen LogP contribution is -2.25. The largest absolute Gasteiger partial charge is 0.372 e. The van der Waals surface area contributed by atoms with Crippen LogP contribution in [0.5, 0.6) is 0 Å². The molecule has 1 fully saturated rings. The first kappa shape index (κ1) is 13.6. The number of rotatable bonds is 6. The first-order valence-corrected chi connectivity index (χ1v) is 7.12. The first-order chi connectivity index (χ1) is 8.76. The summed E-state index contributed by atoms with van der Waals surface area (Å²) in [6, 6.07) is 2.22. The predicted octanol–water partition coefficient (Wildman–Crippen LogP) is 1.77. The van der Waals surface area contributed by atoms with Gasteiger partial charge in [-0.25, -0.2) is 0 Å². The second-order valence-corrected chi connectivity index (χ2v) is 5.03. The van der Waals surface area contributed by atoms with E-state index in [1.165, 1.54) is 11.4 Å². The van der Waals surface area contributed by atoms with Gasteiger partial charge in [-0.2, -0.15) is 5.10 Å². The lowest BCUT2D eigenvalue weighted by atomic mass is 10.2. The molecule has 1 N–H and O–H groups in total. The van der Waals surface area contributed by atoms with Crippen LogP contribution in [0.25, 0.3) is 0 Å². The van der Waals surface area contributed by atoms with Crippen LogP contribution >= 0.6 is 0 Å². The zero-order chi connectivity index (χ0) is 13.0. The molecule has 102 valence electrons. The average Bonchev–Trinajstić information content (AvgIpc) is 2.97. The minimum Gasteiger partial charge on any atom is -0.372 e. The zero-order valence-corrected chi connectivity index (χ0v) is 11.8. The minimum absolute atomic E-state index is 0.332. The summed E-state index contributed by atoms with van der Waals surface area (Å²) in [6.45, 7) is 6.20. The van der Waals surface area contributed by atoms with E-state index in [1.807, 2.05) is 7.05 Å². The Labute approximate surface area is 110 Å². The molecule has 0 aliphatic carbocycles. The highest BCUT2D eigenvalue weighted by Gasteiger charge is 2.25. The van der Waals surface area contributed by atoms with Gasteiger partial charge in [0.1, 0.15) is 0 Å². The monoisotopic (exact) mass is 251 g/mol. The van der Waals surface area contributed by atoms with Crippen LogP contribution in [-0.4, -0.2) is 35.6 Å². The molecular formula is C14H25N3O. The molecule has 0 amide bonds. The van der Waals surface area contributed by atoms with Crippen LogP contribution in [0.2, 0.25) is 0 Å². The SMILES string of the molecule is CCc1cc(CC)n(CC2CCC(CNC)O2)n1. The van der Waals surface area contributed by atoms with Crippen molar-refractivity contribution >= 4 is 0 Å². The molecule has 4 nitrogen and oxygen atoms in total. The number of nitrogens with zero attached hydrogens (tertiary/aromatic N) is 2. The molecule has 2 heterocycles. The van der Waals surface area contributed by atoms with Gasteiger partial charge < -0.3 is 10.1 Å². The van der Waals surface area contributed by atoms with Crippen LogP contribution in [0.3, 0.4) is 0 Å². The Balaban J connectivity index is 1.95. The highest BCUT2D eigenvalue weighted by atomic mass is 16.5. The third-order valence-corrected chi connectivity index (χ3v) is 3.64. The second kappa shape index (κ2) is 6.34. The molecule has 0 radical (unpaired) electrons. The summed E-state index contributed by atoms with van der Waals surface area (Å²) in [5.74, 6) is 0. The standard InChI is InChI=1S/C14H25N3O/c1-4-11-8-12(5-2)17(16-11)10-14-7-6-13(18-14)9-15-3/h8,13-15H,4-7,9-10H2,1-3H3. The summed E-state index contributed by atoms with van der Waals surface area (Å²) < 4.78 is 8.17. The smallest absolute Gasteiger partial charge is 0.0776 e. The van der Waals surface area contributed by atoms with E-state index in [0.29, 0.717) is 12.2 Å². The van der Waals surface area contributed by atoms with E-state index in [-0.39, 0.29) is 0 Å². The van der Waals surface area contributed by atoms with Crippen LogP contribution in [-0.2, 0) is 24.1 Å². The zero-order valence-electron chi connectivity index (χ0n) is 11.8. The molecule has 4 heteroatoms. The molecule has 2 unspecified atom stereocenters.